The molecule has 0 saturated carbocycles. The molecule has 2 aromatic rings. The Morgan fingerprint density at radius 3 is 2.46 bits per heavy atom. The highest BCUT2D eigenvalue weighted by molar-refractivity contribution is 6.01. The van der Waals surface area contributed by atoms with Crippen LogP contribution in [0.15, 0.2) is 48.5 Å². The normalized spacial score (nSPS) is 12.0. The van der Waals surface area contributed by atoms with Crippen molar-refractivity contribution in [3.63, 3.8) is 0 Å². The van der Waals surface area contributed by atoms with E-state index in [9.17, 15) is 9.59 Å². The van der Waals surface area contributed by atoms with Crippen molar-refractivity contribution in [2.45, 2.75) is 39.5 Å². The quantitative estimate of drug-likeness (QED) is 0.653. The maximum absolute atomic E-state index is 13.2. The molecule has 4 nitrogen and oxygen atoms in total. The van der Waals surface area contributed by atoms with Gasteiger partial charge in [0.1, 0.15) is 5.75 Å². The molecule has 0 heterocycles. The highest BCUT2D eigenvalue weighted by Gasteiger charge is 2.24. The second-order valence-electron chi connectivity index (χ2n) is 6.94. The average Bonchev–Trinajstić information content (AvgIpc) is 2.61. The maximum atomic E-state index is 13.2. The first-order valence-electron chi connectivity index (χ1n) is 8.93. The van der Waals surface area contributed by atoms with E-state index < -0.39 is 11.9 Å². The molecule has 1 atom stereocenters. The summed E-state index contributed by atoms with van der Waals surface area (Å²) in [5, 5.41) is 9.07. The van der Waals surface area contributed by atoms with Gasteiger partial charge in [-0.25, -0.2) is 0 Å². The van der Waals surface area contributed by atoms with Gasteiger partial charge in [-0.05, 0) is 42.5 Å². The number of ketones is 1. The summed E-state index contributed by atoms with van der Waals surface area (Å²) in [6.45, 7) is 6.65. The smallest absolute Gasteiger partial charge is 0.303 e. The molecule has 0 amide bonds. The van der Waals surface area contributed by atoms with E-state index in [2.05, 4.69) is 13.8 Å². The molecule has 0 aliphatic carbocycles. The van der Waals surface area contributed by atoms with Crippen LogP contribution in [0.4, 0.5) is 0 Å². The summed E-state index contributed by atoms with van der Waals surface area (Å²) in [6, 6.07) is 14.8. The van der Waals surface area contributed by atoms with Gasteiger partial charge >= 0.3 is 5.97 Å². The number of carboxylic acids is 1. The molecule has 1 N–H and O–H groups in total. The molecule has 0 aliphatic heterocycles. The lowest BCUT2D eigenvalue weighted by Crippen LogP contribution is -2.16. The molecule has 0 aromatic heterocycles. The highest BCUT2D eigenvalue weighted by Crippen LogP contribution is 2.29. The van der Waals surface area contributed by atoms with Gasteiger partial charge in [0.25, 0.3) is 0 Å². The number of hydrogen-bond acceptors (Lipinski definition) is 3. The van der Waals surface area contributed by atoms with Crippen molar-refractivity contribution < 1.29 is 19.4 Å². The molecule has 0 spiro atoms. The summed E-state index contributed by atoms with van der Waals surface area (Å²) < 4.78 is 5.72. The van der Waals surface area contributed by atoms with Crippen molar-refractivity contribution in [2.75, 3.05) is 6.61 Å². The molecule has 0 radical (unpaired) electrons. The third-order valence-electron chi connectivity index (χ3n) is 4.23. The Morgan fingerprint density at radius 2 is 1.81 bits per heavy atom. The van der Waals surface area contributed by atoms with Crippen molar-refractivity contribution in [1.82, 2.24) is 0 Å². The van der Waals surface area contributed by atoms with E-state index in [1.165, 1.54) is 0 Å². The zero-order valence-corrected chi connectivity index (χ0v) is 15.6. The molecule has 26 heavy (non-hydrogen) atoms. The third kappa shape index (κ3) is 5.45. The Kier molecular flexibility index (Phi) is 6.96. The molecular weight excluding hydrogens is 328 g/mol. The molecule has 2 rings (SSSR count). The molecular formula is C22H26O4. The van der Waals surface area contributed by atoms with Crippen molar-refractivity contribution in [1.29, 1.82) is 0 Å². The number of benzene rings is 2. The van der Waals surface area contributed by atoms with Crippen molar-refractivity contribution >= 4 is 11.8 Å². The number of carbonyl (C=O) groups excluding carboxylic acids is 1. The fraction of sp³-hybridized carbons (Fsp3) is 0.364. The Balaban J connectivity index is 2.30. The third-order valence-corrected chi connectivity index (χ3v) is 4.23. The Hall–Kier alpha value is -2.62. The van der Waals surface area contributed by atoms with E-state index in [1.807, 2.05) is 37.3 Å². The van der Waals surface area contributed by atoms with Crippen LogP contribution in [0.2, 0.25) is 0 Å². The lowest BCUT2D eigenvalue weighted by Gasteiger charge is -2.18. The van der Waals surface area contributed by atoms with E-state index in [0.29, 0.717) is 23.8 Å². The fourth-order valence-corrected chi connectivity index (χ4v) is 2.88. The van der Waals surface area contributed by atoms with E-state index in [-0.39, 0.29) is 18.6 Å². The zero-order valence-electron chi connectivity index (χ0n) is 15.6. The van der Waals surface area contributed by atoms with Crippen LogP contribution >= 0.6 is 0 Å². The van der Waals surface area contributed by atoms with Crippen LogP contribution in [0.5, 0.6) is 5.75 Å². The molecule has 0 aliphatic rings. The summed E-state index contributed by atoms with van der Waals surface area (Å²) in [5.41, 5.74) is 2.42. The largest absolute Gasteiger partial charge is 0.493 e. The summed E-state index contributed by atoms with van der Waals surface area (Å²) in [6.07, 6.45) is 0.227. The average molecular weight is 354 g/mol. The van der Waals surface area contributed by atoms with Gasteiger partial charge in [-0.3, -0.25) is 9.59 Å². The summed E-state index contributed by atoms with van der Waals surface area (Å²) in [4.78, 5) is 24.2. The SMILES string of the molecule is Cc1ccccc1[C@H](CCC(=O)O)C(=O)c1cccc(OCC(C)C)c1. The topological polar surface area (TPSA) is 63.6 Å². The van der Waals surface area contributed by atoms with Crippen LogP contribution in [-0.4, -0.2) is 23.5 Å². The predicted octanol–water partition coefficient (Wildman–Crippen LogP) is 4.86. The number of carbonyl (C=O) groups is 2. The second kappa shape index (κ2) is 9.18. The molecule has 0 bridgehead atoms. The van der Waals surface area contributed by atoms with Crippen LogP contribution in [0, 0.1) is 12.8 Å². The van der Waals surface area contributed by atoms with Gasteiger partial charge in [-0.1, -0.05) is 50.2 Å². The lowest BCUT2D eigenvalue weighted by atomic mass is 9.85. The zero-order chi connectivity index (χ0) is 19.1. The van der Waals surface area contributed by atoms with E-state index in [0.717, 1.165) is 11.1 Å². The number of aliphatic carboxylic acids is 1. The highest BCUT2D eigenvalue weighted by atomic mass is 16.5. The number of ether oxygens (including phenoxy) is 1. The molecule has 138 valence electrons. The van der Waals surface area contributed by atoms with Gasteiger partial charge in [0, 0.05) is 17.9 Å². The van der Waals surface area contributed by atoms with E-state index in [4.69, 9.17) is 9.84 Å². The second-order valence-corrected chi connectivity index (χ2v) is 6.94. The Labute approximate surface area is 154 Å². The number of Topliss-reactive ketones (excluding diaryl/α,β-unsaturated/α-hetero) is 1. The summed E-state index contributed by atoms with van der Waals surface area (Å²) in [5.74, 6) is -0.399. The van der Waals surface area contributed by atoms with Gasteiger partial charge in [-0.2, -0.15) is 0 Å². The minimum absolute atomic E-state index is 0.0473. The monoisotopic (exact) mass is 354 g/mol. The summed E-state index contributed by atoms with van der Waals surface area (Å²) in [7, 11) is 0. The Morgan fingerprint density at radius 1 is 1.08 bits per heavy atom. The standard InChI is InChI=1S/C22H26O4/c1-15(2)14-26-18-9-6-8-17(13-18)22(25)20(11-12-21(23)24)19-10-5-4-7-16(19)3/h4-10,13,15,20H,11-12,14H2,1-3H3,(H,23,24)/t20-/m0/s1. The fourth-order valence-electron chi connectivity index (χ4n) is 2.88. The molecule has 2 aromatic carbocycles. The first-order chi connectivity index (χ1) is 12.4. The number of hydrogen-bond donors (Lipinski definition) is 1. The van der Waals surface area contributed by atoms with Crippen LogP contribution < -0.4 is 4.74 Å². The van der Waals surface area contributed by atoms with Crippen molar-refractivity contribution in [2.24, 2.45) is 5.92 Å². The van der Waals surface area contributed by atoms with Crippen molar-refractivity contribution in [3.8, 4) is 5.75 Å². The lowest BCUT2D eigenvalue weighted by molar-refractivity contribution is -0.137. The molecule has 4 heteroatoms. The van der Waals surface area contributed by atoms with Gasteiger partial charge < -0.3 is 9.84 Å². The maximum Gasteiger partial charge on any atom is 0.303 e. The first kappa shape index (κ1) is 19.7. The minimum atomic E-state index is -0.898. The van der Waals surface area contributed by atoms with Gasteiger partial charge in [0.05, 0.1) is 6.61 Å². The first-order valence-corrected chi connectivity index (χ1v) is 8.93. The van der Waals surface area contributed by atoms with Crippen LogP contribution in [0.3, 0.4) is 0 Å². The van der Waals surface area contributed by atoms with Crippen LogP contribution in [-0.2, 0) is 4.79 Å². The number of rotatable bonds is 9. The summed E-state index contributed by atoms with van der Waals surface area (Å²) >= 11 is 0. The number of aryl methyl sites for hydroxylation is 1. The van der Waals surface area contributed by atoms with Crippen LogP contribution in [0.25, 0.3) is 0 Å². The Bertz CT molecular complexity index is 764. The van der Waals surface area contributed by atoms with E-state index >= 15 is 0 Å². The number of carboxylic acid groups (broad SMARTS) is 1. The van der Waals surface area contributed by atoms with Crippen molar-refractivity contribution in [3.05, 3.63) is 65.2 Å². The minimum Gasteiger partial charge on any atom is -0.493 e. The molecule has 0 unspecified atom stereocenters. The van der Waals surface area contributed by atoms with Gasteiger partial charge in [0.15, 0.2) is 5.78 Å². The van der Waals surface area contributed by atoms with Crippen LogP contribution in [0.1, 0.15) is 54.1 Å². The molecule has 0 fully saturated rings. The van der Waals surface area contributed by atoms with Gasteiger partial charge in [0.2, 0.25) is 0 Å². The predicted molar refractivity (Wildman–Crippen MR) is 102 cm³/mol. The van der Waals surface area contributed by atoms with E-state index in [1.54, 1.807) is 18.2 Å². The molecule has 0 saturated heterocycles. The van der Waals surface area contributed by atoms with Gasteiger partial charge in [-0.15, -0.1) is 0 Å².